The molecular weight excluding hydrogens is 620 g/mol. The van der Waals surface area contributed by atoms with Gasteiger partial charge in [0.15, 0.2) is 12.4 Å². The van der Waals surface area contributed by atoms with Gasteiger partial charge in [-0.1, -0.05) is 36.4 Å². The first-order chi connectivity index (χ1) is 21.5. The van der Waals surface area contributed by atoms with Crippen molar-refractivity contribution in [3.05, 3.63) is 48.0 Å². The lowest BCUT2D eigenvalue weighted by atomic mass is 10.0. The smallest absolute Gasteiger partial charge is 0.339 e. The van der Waals surface area contributed by atoms with Gasteiger partial charge in [0.2, 0.25) is 21.8 Å². The largest absolute Gasteiger partial charge is 0.460 e. The van der Waals surface area contributed by atoms with E-state index in [0.29, 0.717) is 11.8 Å². The highest BCUT2D eigenvalue weighted by molar-refractivity contribution is 7.88. The Bertz CT molecular complexity index is 1650. The minimum absolute atomic E-state index is 0.0936. The zero-order chi connectivity index (χ0) is 33.8. The van der Waals surface area contributed by atoms with Gasteiger partial charge in [-0.2, -0.15) is 0 Å². The monoisotopic (exact) mass is 658 g/mol. The topological polar surface area (TPSA) is 186 Å². The van der Waals surface area contributed by atoms with E-state index in [4.69, 9.17) is 9.47 Å². The number of hydrogen-bond acceptors (Lipinski definition) is 10. The van der Waals surface area contributed by atoms with Crippen molar-refractivity contribution < 1.29 is 46.7 Å². The van der Waals surface area contributed by atoms with Crippen molar-refractivity contribution in [2.45, 2.75) is 76.6 Å². The molecule has 4 rings (SSSR count). The van der Waals surface area contributed by atoms with E-state index in [2.05, 4.69) is 10.0 Å². The second-order valence-corrected chi connectivity index (χ2v) is 14.0. The van der Waals surface area contributed by atoms with E-state index < -0.39 is 82.2 Å². The predicted octanol–water partition coefficient (Wildman–Crippen LogP) is 1.23. The average Bonchev–Trinajstić information content (AvgIpc) is 3.09. The Kier molecular flexibility index (Phi) is 10.5. The number of nitrogens with one attached hydrogen (secondary N) is 2. The molecule has 15 heteroatoms. The van der Waals surface area contributed by atoms with Crippen molar-refractivity contribution in [2.24, 2.45) is 0 Å². The maximum Gasteiger partial charge on any atom is 0.339 e. The SMILES string of the molecule is CC(C)(C)OC(=O)CC(NC(=O)C1CCCN2C(=O)CCC(NS(C)(=O)=O)C(=O)N12)C(=O)COC(=O)c1cccc2ccccc12. The third-order valence-corrected chi connectivity index (χ3v) is 8.08. The van der Waals surface area contributed by atoms with Crippen LogP contribution in [0.4, 0.5) is 0 Å². The van der Waals surface area contributed by atoms with Crippen LogP contribution in [-0.4, -0.2) is 97.0 Å². The number of esters is 2. The van der Waals surface area contributed by atoms with Crippen LogP contribution in [0, 0.1) is 0 Å². The van der Waals surface area contributed by atoms with Crippen LogP contribution in [0.5, 0.6) is 0 Å². The Morgan fingerprint density at radius 3 is 2.41 bits per heavy atom. The van der Waals surface area contributed by atoms with E-state index in [0.717, 1.165) is 21.7 Å². The first kappa shape index (κ1) is 34.5. The first-order valence-electron chi connectivity index (χ1n) is 14.8. The molecule has 3 unspecified atom stereocenters. The molecule has 2 saturated heterocycles. The highest BCUT2D eigenvalue weighted by atomic mass is 32.2. The number of hydrogen-bond donors (Lipinski definition) is 2. The molecule has 14 nitrogen and oxygen atoms in total. The summed E-state index contributed by atoms with van der Waals surface area (Å²) in [7, 11) is -3.84. The van der Waals surface area contributed by atoms with Gasteiger partial charge in [-0.25, -0.2) is 22.9 Å². The Morgan fingerprint density at radius 1 is 1.02 bits per heavy atom. The lowest BCUT2D eigenvalue weighted by Gasteiger charge is -2.43. The number of nitrogens with zero attached hydrogens (tertiary/aromatic N) is 2. The summed E-state index contributed by atoms with van der Waals surface area (Å²) in [5, 5.41) is 5.96. The van der Waals surface area contributed by atoms with E-state index in [9.17, 15) is 37.2 Å². The average molecular weight is 659 g/mol. The number of hydrazine groups is 1. The van der Waals surface area contributed by atoms with E-state index in [1.54, 1.807) is 45.0 Å². The van der Waals surface area contributed by atoms with Crippen LogP contribution in [-0.2, 0) is 43.5 Å². The molecule has 0 saturated carbocycles. The summed E-state index contributed by atoms with van der Waals surface area (Å²) in [6.07, 6.45) is 0.474. The molecule has 3 amide bonds. The van der Waals surface area contributed by atoms with Crippen LogP contribution in [0.25, 0.3) is 10.8 Å². The molecule has 0 bridgehead atoms. The molecule has 3 atom stereocenters. The van der Waals surface area contributed by atoms with Crippen molar-refractivity contribution in [1.29, 1.82) is 0 Å². The zero-order valence-electron chi connectivity index (χ0n) is 26.1. The van der Waals surface area contributed by atoms with Crippen LogP contribution in [0.2, 0.25) is 0 Å². The Balaban J connectivity index is 1.54. The number of ether oxygens (including phenoxy) is 2. The first-order valence-corrected chi connectivity index (χ1v) is 16.7. The molecule has 2 fully saturated rings. The summed E-state index contributed by atoms with van der Waals surface area (Å²) in [5.41, 5.74) is -0.678. The number of ketones is 1. The molecule has 2 aromatic rings. The van der Waals surface area contributed by atoms with E-state index >= 15 is 0 Å². The van der Waals surface area contributed by atoms with E-state index in [-0.39, 0.29) is 31.4 Å². The minimum atomic E-state index is -3.84. The number of benzene rings is 2. The summed E-state index contributed by atoms with van der Waals surface area (Å²) in [6.45, 7) is 4.24. The van der Waals surface area contributed by atoms with Gasteiger partial charge in [-0.15, -0.1) is 0 Å². The maximum absolute atomic E-state index is 13.7. The highest BCUT2D eigenvalue weighted by Gasteiger charge is 2.45. The third-order valence-electron chi connectivity index (χ3n) is 7.37. The number of fused-ring (bicyclic) bond motifs is 2. The maximum atomic E-state index is 13.7. The van der Waals surface area contributed by atoms with Crippen LogP contribution < -0.4 is 10.0 Å². The van der Waals surface area contributed by atoms with Gasteiger partial charge in [0.1, 0.15) is 23.7 Å². The summed E-state index contributed by atoms with van der Waals surface area (Å²) in [6, 6.07) is 8.07. The van der Waals surface area contributed by atoms with Gasteiger partial charge in [0, 0.05) is 13.0 Å². The fraction of sp³-hybridized carbons (Fsp3) is 0.484. The van der Waals surface area contributed by atoms with E-state index in [1.165, 1.54) is 0 Å². The molecule has 2 aliphatic heterocycles. The quantitative estimate of drug-likeness (QED) is 0.352. The van der Waals surface area contributed by atoms with Gasteiger partial charge in [-0.3, -0.25) is 29.0 Å². The normalized spacial score (nSPS) is 19.6. The summed E-state index contributed by atoms with van der Waals surface area (Å²) in [5.74, 6) is -4.52. The van der Waals surface area contributed by atoms with Gasteiger partial charge >= 0.3 is 11.9 Å². The molecule has 2 aliphatic rings. The van der Waals surface area contributed by atoms with Crippen molar-refractivity contribution in [1.82, 2.24) is 20.1 Å². The lowest BCUT2D eigenvalue weighted by Crippen LogP contribution is -2.64. The predicted molar refractivity (Wildman–Crippen MR) is 164 cm³/mol. The number of carbonyl (C=O) groups excluding carboxylic acids is 6. The molecule has 0 aromatic heterocycles. The number of Topliss-reactive ketones (excluding diaryl/α,β-unsaturated/α-hetero) is 1. The molecule has 0 spiro atoms. The number of sulfonamides is 1. The van der Waals surface area contributed by atoms with Gasteiger partial charge < -0.3 is 14.8 Å². The molecule has 2 N–H and O–H groups in total. The van der Waals surface area contributed by atoms with Crippen molar-refractivity contribution in [2.75, 3.05) is 19.4 Å². The fourth-order valence-electron chi connectivity index (χ4n) is 5.42. The van der Waals surface area contributed by atoms with Crippen molar-refractivity contribution >= 4 is 56.2 Å². The summed E-state index contributed by atoms with van der Waals surface area (Å²) >= 11 is 0. The molecule has 0 radical (unpaired) electrons. The molecular formula is C31H38N4O10S. The second kappa shape index (κ2) is 14.0. The van der Waals surface area contributed by atoms with Crippen LogP contribution >= 0.6 is 0 Å². The second-order valence-electron chi connectivity index (χ2n) is 12.3. The molecule has 0 aliphatic carbocycles. The Hall–Kier alpha value is -4.37. The van der Waals surface area contributed by atoms with Gasteiger partial charge in [0.25, 0.3) is 5.91 Å². The lowest BCUT2D eigenvalue weighted by molar-refractivity contribution is -0.176. The summed E-state index contributed by atoms with van der Waals surface area (Å²) in [4.78, 5) is 79.2. The number of rotatable bonds is 10. The van der Waals surface area contributed by atoms with E-state index in [1.807, 2.05) is 18.2 Å². The van der Waals surface area contributed by atoms with Crippen LogP contribution in [0.1, 0.15) is 63.2 Å². The fourth-order valence-corrected chi connectivity index (χ4v) is 6.16. The molecule has 248 valence electrons. The van der Waals surface area contributed by atoms with Crippen molar-refractivity contribution in [3.8, 4) is 0 Å². The van der Waals surface area contributed by atoms with Crippen LogP contribution in [0.3, 0.4) is 0 Å². The third kappa shape index (κ3) is 8.66. The van der Waals surface area contributed by atoms with Gasteiger partial charge in [-0.05, 0) is 56.9 Å². The van der Waals surface area contributed by atoms with Crippen molar-refractivity contribution in [3.63, 3.8) is 0 Å². The standard InChI is InChI=1S/C31H38N4O10S/c1-31(2,3)45-27(38)17-23(25(36)18-44-30(41)21-12-7-10-19-9-5-6-11-20(19)21)32-28(39)24-13-8-16-34-26(37)15-14-22(29(40)35(24)34)33-46(4,42)43/h5-7,9-12,22-24,33H,8,13-18H2,1-4H3,(H,32,39). The zero-order valence-corrected chi connectivity index (χ0v) is 26.9. The Labute approximate surface area is 266 Å². The minimum Gasteiger partial charge on any atom is -0.460 e. The number of amides is 3. The van der Waals surface area contributed by atoms with Crippen LogP contribution in [0.15, 0.2) is 42.5 Å². The molecule has 46 heavy (non-hydrogen) atoms. The molecule has 2 aromatic carbocycles. The summed E-state index contributed by atoms with van der Waals surface area (Å²) < 4.78 is 36.7. The number of carbonyl (C=O) groups is 6. The highest BCUT2D eigenvalue weighted by Crippen LogP contribution is 2.26. The molecule has 2 heterocycles. The Morgan fingerprint density at radius 2 is 1.72 bits per heavy atom. The van der Waals surface area contributed by atoms with Gasteiger partial charge in [0.05, 0.1) is 18.2 Å².